The Morgan fingerprint density at radius 2 is 1.74 bits per heavy atom. The summed E-state index contributed by atoms with van der Waals surface area (Å²) in [6.07, 6.45) is 0.228. The number of aromatic nitrogens is 1. The first-order valence-electron chi connectivity index (χ1n) is 11.2. The van der Waals surface area contributed by atoms with Gasteiger partial charge in [-0.25, -0.2) is 4.79 Å². The number of rotatable bonds is 4. The van der Waals surface area contributed by atoms with Gasteiger partial charge in [-0.2, -0.15) is 0 Å². The van der Waals surface area contributed by atoms with Crippen molar-refractivity contribution in [3.63, 3.8) is 0 Å². The van der Waals surface area contributed by atoms with E-state index in [1.165, 1.54) is 6.92 Å². The van der Waals surface area contributed by atoms with Crippen molar-refractivity contribution in [1.29, 1.82) is 0 Å². The van der Waals surface area contributed by atoms with Gasteiger partial charge in [0.1, 0.15) is 11.5 Å². The monoisotopic (exact) mass is 532 g/mol. The maximum Gasteiger partial charge on any atom is 0.331 e. The first-order valence-corrected chi connectivity index (χ1v) is 12.0. The van der Waals surface area contributed by atoms with Gasteiger partial charge >= 0.3 is 5.97 Å². The number of hydrogen-bond donors (Lipinski definition) is 0. The van der Waals surface area contributed by atoms with Gasteiger partial charge in [0.05, 0.1) is 17.7 Å². The smallest absolute Gasteiger partial charge is 0.331 e. The Labute approximate surface area is 209 Å². The highest BCUT2D eigenvalue weighted by atomic mass is 79.9. The number of Topliss-reactive ketones (excluding diaryl/α,β-unsaturated/α-hetero) is 1. The SMILES string of the molecule is CCn1c2ccc(C(=O)c3ccc(Br)cc3)cc2c2cc3c(cc21)OCC/C(=N\OC(C)=O)C3=O. The summed E-state index contributed by atoms with van der Waals surface area (Å²) in [4.78, 5) is 42.3. The van der Waals surface area contributed by atoms with E-state index in [2.05, 4.69) is 25.7 Å². The highest BCUT2D eigenvalue weighted by Gasteiger charge is 2.26. The lowest BCUT2D eigenvalue weighted by atomic mass is 9.99. The second-order valence-corrected chi connectivity index (χ2v) is 9.14. The van der Waals surface area contributed by atoms with Crippen molar-refractivity contribution < 1.29 is 24.0 Å². The maximum absolute atomic E-state index is 13.2. The fourth-order valence-corrected chi connectivity index (χ4v) is 4.67. The lowest BCUT2D eigenvalue weighted by Crippen LogP contribution is -2.15. The van der Waals surface area contributed by atoms with Crippen LogP contribution in [0.25, 0.3) is 21.8 Å². The fourth-order valence-electron chi connectivity index (χ4n) is 4.40. The molecular formula is C27H21BrN2O5. The van der Waals surface area contributed by atoms with E-state index in [0.717, 1.165) is 26.3 Å². The van der Waals surface area contributed by atoms with E-state index in [0.29, 0.717) is 29.0 Å². The first-order chi connectivity index (χ1) is 16.9. The Balaban J connectivity index is 1.67. The molecule has 35 heavy (non-hydrogen) atoms. The molecule has 1 aliphatic rings. The summed E-state index contributed by atoms with van der Waals surface area (Å²) in [6, 6.07) is 16.5. The zero-order valence-electron chi connectivity index (χ0n) is 19.1. The summed E-state index contributed by atoms with van der Waals surface area (Å²) in [5.74, 6) is -0.568. The van der Waals surface area contributed by atoms with Crippen molar-refractivity contribution in [2.75, 3.05) is 6.61 Å². The predicted molar refractivity (Wildman–Crippen MR) is 136 cm³/mol. The Morgan fingerprint density at radius 1 is 1.03 bits per heavy atom. The number of oxime groups is 1. The molecule has 0 aliphatic carbocycles. The number of ether oxygens (including phenoxy) is 1. The molecule has 0 saturated heterocycles. The Hall–Kier alpha value is -3.78. The molecule has 4 aromatic rings. The lowest BCUT2D eigenvalue weighted by Gasteiger charge is -2.08. The maximum atomic E-state index is 13.2. The summed E-state index contributed by atoms with van der Waals surface area (Å²) in [7, 11) is 0. The molecule has 7 nitrogen and oxygen atoms in total. The van der Waals surface area contributed by atoms with Gasteiger partial charge in [-0.1, -0.05) is 21.1 Å². The molecule has 0 unspecified atom stereocenters. The summed E-state index contributed by atoms with van der Waals surface area (Å²) in [6.45, 7) is 4.21. The highest BCUT2D eigenvalue weighted by Crippen LogP contribution is 2.36. The summed E-state index contributed by atoms with van der Waals surface area (Å²) in [5.41, 5.74) is 3.49. The van der Waals surface area contributed by atoms with Gasteiger partial charge in [0.15, 0.2) is 5.78 Å². The quantitative estimate of drug-likeness (QED) is 0.191. The van der Waals surface area contributed by atoms with Crippen LogP contribution in [0, 0.1) is 0 Å². The van der Waals surface area contributed by atoms with Crippen molar-refractivity contribution in [3.05, 3.63) is 75.8 Å². The average molecular weight is 533 g/mol. The number of hydrogen-bond acceptors (Lipinski definition) is 6. The van der Waals surface area contributed by atoms with Gasteiger partial charge in [-0.05, 0) is 55.5 Å². The van der Waals surface area contributed by atoms with E-state index in [1.54, 1.807) is 18.2 Å². The van der Waals surface area contributed by atoms with Crippen molar-refractivity contribution in [2.45, 2.75) is 26.8 Å². The Morgan fingerprint density at radius 3 is 2.46 bits per heavy atom. The van der Waals surface area contributed by atoms with Crippen LogP contribution in [0.3, 0.4) is 0 Å². The third kappa shape index (κ3) is 4.14. The second kappa shape index (κ2) is 9.11. The minimum Gasteiger partial charge on any atom is -0.492 e. The molecule has 5 rings (SSSR count). The second-order valence-electron chi connectivity index (χ2n) is 8.23. The first kappa shape index (κ1) is 23.0. The molecule has 3 aromatic carbocycles. The molecule has 1 aliphatic heterocycles. The zero-order chi connectivity index (χ0) is 24.7. The fraction of sp³-hybridized carbons (Fsp3) is 0.185. The van der Waals surface area contributed by atoms with Gasteiger partial charge in [-0.3, -0.25) is 9.59 Å². The van der Waals surface area contributed by atoms with Crippen LogP contribution < -0.4 is 4.74 Å². The van der Waals surface area contributed by atoms with Crippen LogP contribution in [0.5, 0.6) is 5.75 Å². The molecule has 0 N–H and O–H groups in total. The van der Waals surface area contributed by atoms with Crippen LogP contribution in [0.4, 0.5) is 0 Å². The topological polar surface area (TPSA) is 87.0 Å². The number of nitrogens with zero attached hydrogens (tertiary/aromatic N) is 2. The number of benzene rings is 3. The zero-order valence-corrected chi connectivity index (χ0v) is 20.7. The summed E-state index contributed by atoms with van der Waals surface area (Å²) in [5, 5.41) is 5.44. The molecule has 0 atom stereocenters. The summed E-state index contributed by atoms with van der Waals surface area (Å²) >= 11 is 3.40. The van der Waals surface area contributed by atoms with Crippen molar-refractivity contribution in [2.24, 2.45) is 5.16 Å². The molecule has 0 amide bonds. The van der Waals surface area contributed by atoms with Crippen LogP contribution in [0.15, 0.2) is 64.2 Å². The molecule has 8 heteroatoms. The van der Waals surface area contributed by atoms with Gasteiger partial charge < -0.3 is 14.1 Å². The number of fused-ring (bicyclic) bond motifs is 4. The minimum absolute atomic E-state index is 0.0817. The van der Waals surface area contributed by atoms with E-state index < -0.39 is 5.97 Å². The predicted octanol–water partition coefficient (Wildman–Crippen LogP) is 5.69. The molecule has 1 aromatic heterocycles. The molecular weight excluding hydrogens is 512 g/mol. The van der Waals surface area contributed by atoms with Crippen molar-refractivity contribution in [3.8, 4) is 5.75 Å². The van der Waals surface area contributed by atoms with Gasteiger partial charge in [0, 0.05) is 57.8 Å². The van der Waals surface area contributed by atoms with Crippen LogP contribution in [0.1, 0.15) is 46.5 Å². The number of aryl methyl sites for hydroxylation is 1. The van der Waals surface area contributed by atoms with Crippen LogP contribution in [0.2, 0.25) is 0 Å². The standard InChI is InChI=1S/C27H21BrN2O5/c1-3-30-23-9-6-17(26(32)16-4-7-18(28)8-5-16)12-19(23)20-13-21-25(14-24(20)30)34-11-10-22(27(21)33)29-35-15(2)31/h4-9,12-14H,3,10-11H2,1-2H3/b29-22+. The van der Waals surface area contributed by atoms with Gasteiger partial charge in [0.2, 0.25) is 5.78 Å². The molecule has 0 fully saturated rings. The molecule has 2 heterocycles. The third-order valence-electron chi connectivity index (χ3n) is 6.04. The van der Waals surface area contributed by atoms with Crippen LogP contribution in [-0.2, 0) is 16.2 Å². The number of carbonyl (C=O) groups is 3. The van der Waals surface area contributed by atoms with Gasteiger partial charge in [0.25, 0.3) is 0 Å². The third-order valence-corrected chi connectivity index (χ3v) is 6.57. The minimum atomic E-state index is -0.597. The molecule has 0 spiro atoms. The average Bonchev–Trinajstić information content (AvgIpc) is 3.07. The molecule has 0 radical (unpaired) electrons. The van der Waals surface area contributed by atoms with E-state index >= 15 is 0 Å². The van der Waals surface area contributed by atoms with E-state index in [1.807, 2.05) is 43.3 Å². The van der Waals surface area contributed by atoms with Crippen LogP contribution in [-0.4, -0.2) is 34.4 Å². The normalized spacial score (nSPS) is 14.6. The van der Waals surface area contributed by atoms with Crippen molar-refractivity contribution >= 4 is 61.0 Å². The molecule has 176 valence electrons. The number of halogens is 1. The Bertz CT molecular complexity index is 1550. The number of carbonyl (C=O) groups excluding carboxylic acids is 3. The van der Waals surface area contributed by atoms with E-state index in [-0.39, 0.29) is 30.3 Å². The van der Waals surface area contributed by atoms with Crippen LogP contribution >= 0.6 is 15.9 Å². The van der Waals surface area contributed by atoms with E-state index in [4.69, 9.17) is 9.57 Å². The molecule has 0 saturated carbocycles. The van der Waals surface area contributed by atoms with Gasteiger partial charge in [-0.15, -0.1) is 0 Å². The summed E-state index contributed by atoms with van der Waals surface area (Å²) < 4.78 is 8.91. The molecule has 0 bridgehead atoms. The van der Waals surface area contributed by atoms with E-state index in [9.17, 15) is 14.4 Å². The van der Waals surface area contributed by atoms with Crippen molar-refractivity contribution in [1.82, 2.24) is 4.57 Å². The number of ketones is 2. The lowest BCUT2D eigenvalue weighted by molar-refractivity contribution is -0.140. The Kier molecular flexibility index (Phi) is 5.98. The highest BCUT2D eigenvalue weighted by molar-refractivity contribution is 9.10. The largest absolute Gasteiger partial charge is 0.492 e.